The Kier molecular flexibility index (Phi) is 4.94. The molecule has 0 aliphatic heterocycles. The van der Waals surface area contributed by atoms with Crippen molar-refractivity contribution in [3.05, 3.63) is 64.7 Å². The highest BCUT2D eigenvalue weighted by Crippen LogP contribution is 2.36. The maximum atomic E-state index is 2.46. The van der Waals surface area contributed by atoms with Crippen LogP contribution in [0.25, 0.3) is 17.2 Å². The van der Waals surface area contributed by atoms with E-state index >= 15 is 0 Å². The molecule has 0 heterocycles. The summed E-state index contributed by atoms with van der Waals surface area (Å²) in [7, 11) is 0. The van der Waals surface area contributed by atoms with Crippen LogP contribution >= 0.6 is 0 Å². The van der Waals surface area contributed by atoms with Crippen molar-refractivity contribution in [2.45, 2.75) is 65.2 Å². The van der Waals surface area contributed by atoms with Crippen molar-refractivity contribution in [2.75, 3.05) is 0 Å². The van der Waals surface area contributed by atoms with E-state index in [9.17, 15) is 0 Å². The van der Waals surface area contributed by atoms with Crippen molar-refractivity contribution in [2.24, 2.45) is 0 Å². The molecule has 0 spiro atoms. The second kappa shape index (κ2) is 6.97. The van der Waals surface area contributed by atoms with Gasteiger partial charge in [0.2, 0.25) is 0 Å². The van der Waals surface area contributed by atoms with Crippen LogP contribution in [0.3, 0.4) is 0 Å². The van der Waals surface area contributed by atoms with Gasteiger partial charge in [-0.25, -0.2) is 0 Å². The molecule has 3 rings (SSSR count). The van der Waals surface area contributed by atoms with Gasteiger partial charge >= 0.3 is 0 Å². The molecule has 0 nitrogen and oxygen atoms in total. The first kappa shape index (κ1) is 17.0. The van der Waals surface area contributed by atoms with Gasteiger partial charge in [0.25, 0.3) is 0 Å². The summed E-state index contributed by atoms with van der Waals surface area (Å²) in [5.74, 6) is 0. The minimum absolute atomic E-state index is 0.212. The molecule has 0 saturated carbocycles. The Balaban J connectivity index is 1.87. The van der Waals surface area contributed by atoms with Crippen molar-refractivity contribution >= 4 is 6.08 Å². The van der Waals surface area contributed by atoms with E-state index in [0.29, 0.717) is 0 Å². The average molecular weight is 319 g/mol. The lowest BCUT2D eigenvalue weighted by atomic mass is 9.86. The monoisotopic (exact) mass is 318 g/mol. The molecule has 1 aliphatic rings. The summed E-state index contributed by atoms with van der Waals surface area (Å²) in [5, 5.41) is 0. The van der Waals surface area contributed by atoms with E-state index in [1.54, 1.807) is 5.57 Å². The minimum atomic E-state index is 0.212. The third-order valence-corrected chi connectivity index (χ3v) is 5.13. The fourth-order valence-electron chi connectivity index (χ4n) is 3.60. The van der Waals surface area contributed by atoms with Gasteiger partial charge in [-0.1, -0.05) is 94.7 Å². The van der Waals surface area contributed by atoms with Crippen LogP contribution in [0.4, 0.5) is 0 Å². The molecule has 0 amide bonds. The van der Waals surface area contributed by atoms with Crippen molar-refractivity contribution in [1.82, 2.24) is 0 Å². The predicted molar refractivity (Wildman–Crippen MR) is 106 cm³/mol. The number of hydrogen-bond donors (Lipinski definition) is 0. The Hall–Kier alpha value is -1.82. The molecule has 126 valence electrons. The molecule has 0 atom stereocenters. The van der Waals surface area contributed by atoms with E-state index in [-0.39, 0.29) is 5.41 Å². The van der Waals surface area contributed by atoms with Crippen molar-refractivity contribution in [3.8, 4) is 11.1 Å². The van der Waals surface area contributed by atoms with Crippen molar-refractivity contribution < 1.29 is 0 Å². The highest BCUT2D eigenvalue weighted by atomic mass is 14.2. The van der Waals surface area contributed by atoms with Gasteiger partial charge < -0.3 is 0 Å². The fraction of sp³-hybridized carbons (Fsp3) is 0.417. The van der Waals surface area contributed by atoms with E-state index < -0.39 is 0 Å². The largest absolute Gasteiger partial charge is 0.0654 e. The Morgan fingerprint density at radius 3 is 2.33 bits per heavy atom. The molecule has 0 saturated heterocycles. The zero-order chi connectivity index (χ0) is 17.2. The summed E-state index contributed by atoms with van der Waals surface area (Å²) in [5.41, 5.74) is 8.89. The normalized spacial score (nSPS) is 13.8. The van der Waals surface area contributed by atoms with E-state index in [2.05, 4.69) is 76.2 Å². The maximum Gasteiger partial charge on any atom is -0.00576 e. The summed E-state index contributed by atoms with van der Waals surface area (Å²) in [6.45, 7) is 9.09. The molecular weight excluding hydrogens is 288 g/mol. The van der Waals surface area contributed by atoms with Crippen LogP contribution in [-0.4, -0.2) is 0 Å². The maximum absolute atomic E-state index is 2.46. The number of allylic oxidation sites excluding steroid dienone is 1. The number of hydrogen-bond acceptors (Lipinski definition) is 0. The zero-order valence-electron chi connectivity index (χ0n) is 15.7. The second-order valence-corrected chi connectivity index (χ2v) is 8.14. The predicted octanol–water partition coefficient (Wildman–Crippen LogP) is 7.17. The molecule has 2 aromatic rings. The molecule has 0 heteroatoms. The lowest BCUT2D eigenvalue weighted by molar-refractivity contribution is 0.590. The smallest absolute Gasteiger partial charge is 0.00576 e. The summed E-state index contributed by atoms with van der Waals surface area (Å²) >= 11 is 0. The van der Waals surface area contributed by atoms with Gasteiger partial charge in [-0.15, -0.1) is 0 Å². The Bertz CT molecular complexity index is 724. The van der Waals surface area contributed by atoms with Crippen LogP contribution in [0.5, 0.6) is 0 Å². The average Bonchev–Trinajstić information content (AvgIpc) is 2.97. The summed E-state index contributed by atoms with van der Waals surface area (Å²) in [6, 6.07) is 15.9. The fourth-order valence-corrected chi connectivity index (χ4v) is 3.60. The molecule has 0 unspecified atom stereocenters. The molecular formula is C24H30. The van der Waals surface area contributed by atoms with Crippen LogP contribution in [0.2, 0.25) is 0 Å². The first-order valence-electron chi connectivity index (χ1n) is 9.41. The number of fused-ring (bicyclic) bond motifs is 1. The quantitative estimate of drug-likeness (QED) is 0.512. The topological polar surface area (TPSA) is 0 Å². The SMILES string of the molecule is CCCCCC1=Cc2c(cccc2-c2ccc(C(C)(C)C)cc2)C1. The van der Waals surface area contributed by atoms with Gasteiger partial charge in [-0.2, -0.15) is 0 Å². The summed E-state index contributed by atoms with van der Waals surface area (Å²) in [6.07, 6.45) is 8.82. The first-order chi connectivity index (χ1) is 11.5. The summed E-state index contributed by atoms with van der Waals surface area (Å²) in [4.78, 5) is 0. The van der Waals surface area contributed by atoms with E-state index in [0.717, 1.165) is 6.42 Å². The Labute approximate surface area is 147 Å². The van der Waals surface area contributed by atoms with E-state index in [1.165, 1.54) is 53.5 Å². The molecule has 24 heavy (non-hydrogen) atoms. The number of rotatable bonds is 5. The molecule has 2 aromatic carbocycles. The van der Waals surface area contributed by atoms with Crippen LogP contribution in [0, 0.1) is 0 Å². The van der Waals surface area contributed by atoms with Gasteiger partial charge in [-0.3, -0.25) is 0 Å². The Morgan fingerprint density at radius 1 is 0.917 bits per heavy atom. The van der Waals surface area contributed by atoms with Gasteiger partial charge in [0, 0.05) is 0 Å². The Morgan fingerprint density at radius 2 is 1.67 bits per heavy atom. The van der Waals surface area contributed by atoms with Crippen LogP contribution in [-0.2, 0) is 11.8 Å². The first-order valence-corrected chi connectivity index (χ1v) is 9.41. The van der Waals surface area contributed by atoms with Crippen molar-refractivity contribution in [3.63, 3.8) is 0 Å². The molecule has 0 radical (unpaired) electrons. The standard InChI is InChI=1S/C24H30/c1-5-6-7-9-18-16-20-10-8-11-22(23(20)17-18)19-12-14-21(15-13-19)24(2,3)4/h8,10-15,17H,5-7,9,16H2,1-4H3. The van der Waals surface area contributed by atoms with Crippen LogP contribution in [0.15, 0.2) is 48.0 Å². The summed E-state index contributed by atoms with van der Waals surface area (Å²) < 4.78 is 0. The highest BCUT2D eigenvalue weighted by molar-refractivity contribution is 5.80. The minimum Gasteiger partial charge on any atom is -0.0654 e. The lowest BCUT2D eigenvalue weighted by Crippen LogP contribution is -2.10. The van der Waals surface area contributed by atoms with E-state index in [1.807, 2.05) is 0 Å². The van der Waals surface area contributed by atoms with Gasteiger partial charge in [-0.05, 0) is 52.5 Å². The third kappa shape index (κ3) is 3.64. The van der Waals surface area contributed by atoms with Gasteiger partial charge in [0.15, 0.2) is 0 Å². The van der Waals surface area contributed by atoms with Crippen molar-refractivity contribution in [1.29, 1.82) is 0 Å². The van der Waals surface area contributed by atoms with E-state index in [4.69, 9.17) is 0 Å². The number of benzene rings is 2. The molecule has 1 aliphatic carbocycles. The second-order valence-electron chi connectivity index (χ2n) is 8.14. The molecule has 0 N–H and O–H groups in total. The third-order valence-electron chi connectivity index (χ3n) is 5.13. The van der Waals surface area contributed by atoms with Crippen LogP contribution < -0.4 is 0 Å². The van der Waals surface area contributed by atoms with Gasteiger partial charge in [0.1, 0.15) is 0 Å². The van der Waals surface area contributed by atoms with Crippen LogP contribution in [0.1, 0.15) is 70.1 Å². The molecule has 0 fully saturated rings. The highest BCUT2D eigenvalue weighted by Gasteiger charge is 2.17. The lowest BCUT2D eigenvalue weighted by Gasteiger charge is -2.19. The molecule has 0 aromatic heterocycles. The zero-order valence-corrected chi connectivity index (χ0v) is 15.7. The number of unbranched alkanes of at least 4 members (excludes halogenated alkanes) is 2. The molecule has 0 bridgehead atoms. The van der Waals surface area contributed by atoms with Gasteiger partial charge in [0.05, 0.1) is 0 Å².